The van der Waals surface area contributed by atoms with Gasteiger partial charge in [-0.3, -0.25) is 48.6 Å². The van der Waals surface area contributed by atoms with Gasteiger partial charge >= 0.3 is 5.97 Å². The quantitative estimate of drug-likeness (QED) is 0.0265. The van der Waals surface area contributed by atoms with E-state index in [-0.39, 0.29) is 43.9 Å². The zero-order chi connectivity index (χ0) is 43.5. The Hall–Kier alpha value is -6.52. The lowest BCUT2D eigenvalue weighted by molar-refractivity contribution is -0.143. The summed E-state index contributed by atoms with van der Waals surface area (Å²) in [5, 5.41) is 40.6. The molecule has 1 aliphatic heterocycles. The molecule has 0 saturated carbocycles. The molecule has 0 aliphatic carbocycles. The van der Waals surface area contributed by atoms with Crippen LogP contribution in [0, 0.1) is 5.41 Å². The van der Waals surface area contributed by atoms with Crippen LogP contribution >= 0.6 is 0 Å². The van der Waals surface area contributed by atoms with Crippen molar-refractivity contribution in [2.24, 2.45) is 22.9 Å². The van der Waals surface area contributed by atoms with Crippen LogP contribution in [0.25, 0.3) is 0 Å². The summed E-state index contributed by atoms with van der Waals surface area (Å²) < 4.78 is 0. The van der Waals surface area contributed by atoms with Crippen LogP contribution in [0.5, 0.6) is 5.75 Å². The van der Waals surface area contributed by atoms with Gasteiger partial charge in [0.2, 0.25) is 47.3 Å². The average Bonchev–Trinajstić information content (AvgIpc) is 3.65. The van der Waals surface area contributed by atoms with Crippen molar-refractivity contribution in [2.75, 3.05) is 19.6 Å². The minimum Gasteiger partial charge on any atom is -0.508 e. The highest BCUT2D eigenvalue weighted by atomic mass is 16.4. The summed E-state index contributed by atoms with van der Waals surface area (Å²) in [5.41, 5.74) is 22.4. The summed E-state index contributed by atoms with van der Waals surface area (Å²) in [6.07, 6.45) is 0.0517. The Bertz CT molecular complexity index is 1680. The van der Waals surface area contributed by atoms with E-state index in [0.29, 0.717) is 31.4 Å². The largest absolute Gasteiger partial charge is 0.508 e. The van der Waals surface area contributed by atoms with Gasteiger partial charge in [-0.2, -0.15) is 0 Å². The Morgan fingerprint density at radius 1 is 0.828 bits per heavy atom. The summed E-state index contributed by atoms with van der Waals surface area (Å²) in [6, 6.07) is -2.41. The molecule has 1 aromatic carbocycles. The van der Waals surface area contributed by atoms with E-state index in [1.54, 1.807) is 6.92 Å². The molecule has 0 radical (unpaired) electrons. The van der Waals surface area contributed by atoms with Crippen molar-refractivity contribution in [3.63, 3.8) is 0 Å². The van der Waals surface area contributed by atoms with Crippen molar-refractivity contribution in [3.8, 4) is 5.75 Å². The number of hydrogen-bond donors (Lipinski definition) is 13. The van der Waals surface area contributed by atoms with E-state index in [4.69, 9.17) is 28.3 Å². The van der Waals surface area contributed by atoms with Crippen LogP contribution in [-0.4, -0.2) is 130 Å². The first-order valence-electron chi connectivity index (χ1n) is 18.5. The number of carbonyl (C=O) groups excluding carboxylic acids is 8. The molecule has 1 heterocycles. The maximum atomic E-state index is 13.6. The minimum absolute atomic E-state index is 0.0974. The van der Waals surface area contributed by atoms with Crippen LogP contribution in [0.1, 0.15) is 63.9 Å². The number of carboxylic acid groups (broad SMARTS) is 1. The molecule has 320 valence electrons. The highest BCUT2D eigenvalue weighted by molar-refractivity contribution is 5.98. The van der Waals surface area contributed by atoms with Crippen LogP contribution < -0.4 is 54.8 Å². The van der Waals surface area contributed by atoms with E-state index < -0.39 is 109 Å². The number of guanidine groups is 1. The second kappa shape index (κ2) is 23.5. The Labute approximate surface area is 333 Å². The van der Waals surface area contributed by atoms with Gasteiger partial charge in [-0.05, 0) is 49.8 Å². The highest BCUT2D eigenvalue weighted by Gasteiger charge is 2.38. The predicted molar refractivity (Wildman–Crippen MR) is 205 cm³/mol. The number of aromatic hydroxyl groups is 1. The molecule has 0 bridgehead atoms. The highest BCUT2D eigenvalue weighted by Crippen LogP contribution is 2.20. The molecule has 23 nitrogen and oxygen atoms in total. The number of phenolic OH excluding ortho intramolecular Hbond substituents is 1. The Kier molecular flexibility index (Phi) is 19.3. The van der Waals surface area contributed by atoms with Gasteiger partial charge in [-0.25, -0.2) is 0 Å². The van der Waals surface area contributed by atoms with Crippen molar-refractivity contribution >= 4 is 59.2 Å². The van der Waals surface area contributed by atoms with Crippen LogP contribution in [0.15, 0.2) is 24.3 Å². The molecule has 8 amide bonds. The van der Waals surface area contributed by atoms with E-state index in [0.717, 1.165) is 0 Å². The molecule has 17 N–H and O–H groups in total. The third-order valence-corrected chi connectivity index (χ3v) is 8.90. The average molecular weight is 819 g/mol. The standard InChI is InChI=1S/C35H54N12O11/c1-2-5-21(29(38)53)44-32(56)23(15-26(37)49)45-31(55)22(14-18-8-10-19(48)11-9-18)43-27(50)17-42-30(54)24(16-28(51)52)46-33(57)25-7-4-13-47(25)34(58)20(36)6-3-12-41-35(39)40/h8-11,20-25,48H,2-7,12-17,36H2,1H3,(H2,37,49)(H2,38,53)(H,42,54)(H,43,50)(H,44,56)(H,45,55)(H,46,57)(H,51,52)(H4,39,40,41)/t20-,21-,22-,23-,24-,25-/m0/s1. The van der Waals surface area contributed by atoms with E-state index in [1.165, 1.54) is 29.2 Å². The third kappa shape index (κ3) is 16.3. The number of aliphatic carboxylic acids is 1. The molecule has 1 fully saturated rings. The van der Waals surface area contributed by atoms with Gasteiger partial charge in [0, 0.05) is 19.5 Å². The fraction of sp³-hybridized carbons (Fsp3) is 0.543. The zero-order valence-corrected chi connectivity index (χ0v) is 32.1. The molecule has 23 heteroatoms. The van der Waals surface area contributed by atoms with Gasteiger partial charge in [0.15, 0.2) is 5.96 Å². The maximum Gasteiger partial charge on any atom is 0.305 e. The summed E-state index contributed by atoms with van der Waals surface area (Å²) >= 11 is 0. The van der Waals surface area contributed by atoms with Gasteiger partial charge in [-0.1, -0.05) is 25.5 Å². The normalized spacial score (nSPS) is 16.0. The number of phenols is 1. The van der Waals surface area contributed by atoms with E-state index in [2.05, 4.69) is 31.9 Å². The maximum absolute atomic E-state index is 13.6. The van der Waals surface area contributed by atoms with E-state index >= 15 is 0 Å². The fourth-order valence-electron chi connectivity index (χ4n) is 5.98. The monoisotopic (exact) mass is 818 g/mol. The molecule has 6 atom stereocenters. The molecular formula is C35H54N12O11. The lowest BCUT2D eigenvalue weighted by atomic mass is 10.0. The van der Waals surface area contributed by atoms with Gasteiger partial charge in [0.25, 0.3) is 0 Å². The first-order valence-corrected chi connectivity index (χ1v) is 18.5. The number of carboxylic acids is 1. The van der Waals surface area contributed by atoms with Crippen LogP contribution in [0.4, 0.5) is 0 Å². The number of benzene rings is 1. The molecule has 0 aromatic heterocycles. The molecule has 58 heavy (non-hydrogen) atoms. The zero-order valence-electron chi connectivity index (χ0n) is 32.1. The molecule has 0 spiro atoms. The second-order valence-corrected chi connectivity index (χ2v) is 13.6. The van der Waals surface area contributed by atoms with Crippen LogP contribution in [-0.2, 0) is 49.6 Å². The lowest BCUT2D eigenvalue weighted by Gasteiger charge is -2.28. The molecule has 1 saturated heterocycles. The van der Waals surface area contributed by atoms with E-state index in [1.807, 2.05) is 0 Å². The SMILES string of the molecule is CCC[C@H](NC(=O)[C@H](CC(N)=O)NC(=O)[C@H](Cc1ccc(O)cc1)NC(=O)CNC(=O)[C@H](CC(=O)O)NC(=O)[C@@H]1CCCN1C(=O)[C@@H](N)CCCNC(=N)N)C(N)=O. The smallest absolute Gasteiger partial charge is 0.305 e. The predicted octanol–water partition coefficient (Wildman–Crippen LogP) is -4.79. The lowest BCUT2D eigenvalue weighted by Crippen LogP contribution is -2.58. The number of nitrogens with zero attached hydrogens (tertiary/aromatic N) is 1. The first kappa shape index (κ1) is 47.6. The number of amides is 8. The molecular weight excluding hydrogens is 764 g/mol. The fourth-order valence-corrected chi connectivity index (χ4v) is 5.98. The topological polar surface area (TPSA) is 397 Å². The summed E-state index contributed by atoms with van der Waals surface area (Å²) in [5.74, 6) is -8.99. The molecule has 2 rings (SSSR count). The van der Waals surface area contributed by atoms with Gasteiger partial charge in [-0.15, -0.1) is 0 Å². The van der Waals surface area contributed by atoms with Crippen molar-refractivity contribution in [1.82, 2.24) is 36.8 Å². The number of primary amides is 2. The first-order chi connectivity index (χ1) is 27.3. The van der Waals surface area contributed by atoms with Crippen molar-refractivity contribution < 1.29 is 53.4 Å². The van der Waals surface area contributed by atoms with Crippen molar-refractivity contribution in [2.45, 2.75) is 101 Å². The summed E-state index contributed by atoms with van der Waals surface area (Å²) in [4.78, 5) is 116. The minimum atomic E-state index is -1.69. The van der Waals surface area contributed by atoms with Crippen LogP contribution in [0.2, 0.25) is 0 Å². The molecule has 1 aromatic rings. The number of nitrogens with two attached hydrogens (primary N) is 4. The van der Waals surface area contributed by atoms with E-state index in [9.17, 15) is 53.4 Å². The number of carbonyl (C=O) groups is 9. The number of rotatable bonds is 24. The third-order valence-electron chi connectivity index (χ3n) is 8.90. The van der Waals surface area contributed by atoms with Crippen molar-refractivity contribution in [1.29, 1.82) is 5.41 Å². The van der Waals surface area contributed by atoms with Gasteiger partial charge < -0.3 is 69.9 Å². The Balaban J connectivity index is 2.17. The molecule has 0 unspecified atom stereocenters. The number of hydrogen-bond acceptors (Lipinski definition) is 12. The van der Waals surface area contributed by atoms with Gasteiger partial charge in [0.1, 0.15) is 36.0 Å². The second-order valence-electron chi connectivity index (χ2n) is 13.6. The Morgan fingerprint density at radius 2 is 1.45 bits per heavy atom. The molecule has 1 aliphatic rings. The van der Waals surface area contributed by atoms with Gasteiger partial charge in [0.05, 0.1) is 25.4 Å². The summed E-state index contributed by atoms with van der Waals surface area (Å²) in [6.45, 7) is 1.39. The van der Waals surface area contributed by atoms with Crippen LogP contribution in [0.3, 0.4) is 0 Å². The number of likely N-dealkylation sites (tertiary alicyclic amines) is 1. The summed E-state index contributed by atoms with van der Waals surface area (Å²) in [7, 11) is 0. The Morgan fingerprint density at radius 3 is 2.03 bits per heavy atom. The van der Waals surface area contributed by atoms with Crippen molar-refractivity contribution in [3.05, 3.63) is 29.8 Å². The number of nitrogens with one attached hydrogen (secondary N) is 7.